The zero-order valence-corrected chi connectivity index (χ0v) is 8.25. The smallest absolute Gasteiger partial charge is 0.379 e. The predicted octanol–water partition coefficient (Wildman–Crippen LogP) is 2.18. The molecule has 82 valence electrons. The molecular formula is C10H10F2O3. The zero-order valence-electron chi connectivity index (χ0n) is 8.25. The summed E-state index contributed by atoms with van der Waals surface area (Å²) in [5.41, 5.74) is 0.0832. The fourth-order valence-corrected chi connectivity index (χ4v) is 1.17. The maximum absolute atomic E-state index is 13.2. The van der Waals surface area contributed by atoms with E-state index in [-0.39, 0.29) is 5.75 Å². The van der Waals surface area contributed by atoms with E-state index in [0.29, 0.717) is 0 Å². The molecule has 0 unspecified atom stereocenters. The van der Waals surface area contributed by atoms with Gasteiger partial charge in [0.05, 0.1) is 12.7 Å². The van der Waals surface area contributed by atoms with E-state index >= 15 is 0 Å². The van der Waals surface area contributed by atoms with Gasteiger partial charge < -0.3 is 9.84 Å². The van der Waals surface area contributed by atoms with Crippen molar-refractivity contribution in [3.05, 3.63) is 29.3 Å². The molecule has 0 fully saturated rings. The van der Waals surface area contributed by atoms with Gasteiger partial charge in [-0.05, 0) is 24.6 Å². The van der Waals surface area contributed by atoms with Crippen LogP contribution in [0.15, 0.2) is 18.2 Å². The Morgan fingerprint density at radius 1 is 1.47 bits per heavy atom. The Balaban J connectivity index is 3.31. The summed E-state index contributed by atoms with van der Waals surface area (Å²) in [7, 11) is 1.22. The molecule has 0 saturated carbocycles. The maximum Gasteiger partial charge on any atom is 0.379 e. The van der Waals surface area contributed by atoms with E-state index in [1.807, 2.05) is 0 Å². The molecule has 0 aliphatic rings. The number of aliphatic carboxylic acids is 1. The second-order valence-corrected chi connectivity index (χ2v) is 3.08. The number of ether oxygens (including phenoxy) is 1. The van der Waals surface area contributed by atoms with Gasteiger partial charge in [-0.1, -0.05) is 6.07 Å². The Labute approximate surface area is 85.3 Å². The van der Waals surface area contributed by atoms with Gasteiger partial charge in [0.15, 0.2) is 0 Å². The summed E-state index contributed by atoms with van der Waals surface area (Å²) in [5, 5.41) is 8.38. The first-order valence-electron chi connectivity index (χ1n) is 4.16. The number of hydrogen-bond acceptors (Lipinski definition) is 2. The van der Waals surface area contributed by atoms with E-state index in [2.05, 4.69) is 0 Å². The van der Waals surface area contributed by atoms with E-state index < -0.39 is 17.5 Å². The van der Waals surface area contributed by atoms with Crippen LogP contribution in [-0.2, 0) is 10.7 Å². The minimum Gasteiger partial charge on any atom is -0.496 e. The van der Waals surface area contributed by atoms with E-state index in [0.717, 1.165) is 11.6 Å². The van der Waals surface area contributed by atoms with Crippen LogP contribution < -0.4 is 4.74 Å². The molecule has 0 atom stereocenters. The minimum absolute atomic E-state index is 0.123. The van der Waals surface area contributed by atoms with Gasteiger partial charge in [0, 0.05) is 0 Å². The van der Waals surface area contributed by atoms with Crippen molar-refractivity contribution in [2.45, 2.75) is 12.8 Å². The highest BCUT2D eigenvalue weighted by molar-refractivity contribution is 5.78. The van der Waals surface area contributed by atoms with Crippen LogP contribution in [-0.4, -0.2) is 18.2 Å². The number of carbonyl (C=O) groups is 1. The predicted molar refractivity (Wildman–Crippen MR) is 49.3 cm³/mol. The molecule has 0 aliphatic carbocycles. The Bertz CT molecular complexity index is 388. The van der Waals surface area contributed by atoms with Gasteiger partial charge in [-0.25, -0.2) is 4.79 Å². The molecule has 1 N–H and O–H groups in total. The Kier molecular flexibility index (Phi) is 2.93. The minimum atomic E-state index is -3.93. The summed E-state index contributed by atoms with van der Waals surface area (Å²) in [6.07, 6.45) is 0. The van der Waals surface area contributed by atoms with Gasteiger partial charge >= 0.3 is 11.9 Å². The monoisotopic (exact) mass is 216 g/mol. The van der Waals surface area contributed by atoms with Gasteiger partial charge in [0.1, 0.15) is 5.75 Å². The van der Waals surface area contributed by atoms with Gasteiger partial charge in [-0.2, -0.15) is 8.78 Å². The Morgan fingerprint density at radius 2 is 2.07 bits per heavy atom. The van der Waals surface area contributed by atoms with Crippen molar-refractivity contribution in [3.8, 4) is 5.75 Å². The molecular weight excluding hydrogens is 206 g/mol. The number of carboxylic acids is 1. The zero-order chi connectivity index (χ0) is 11.6. The molecule has 1 aromatic rings. The average molecular weight is 216 g/mol. The summed E-state index contributed by atoms with van der Waals surface area (Å²) in [6.45, 7) is 1.70. The summed E-state index contributed by atoms with van der Waals surface area (Å²) >= 11 is 0. The maximum atomic E-state index is 13.2. The van der Waals surface area contributed by atoms with Crippen molar-refractivity contribution in [2.24, 2.45) is 0 Å². The van der Waals surface area contributed by atoms with Crippen molar-refractivity contribution >= 4 is 5.97 Å². The standard InChI is InChI=1S/C10H10F2O3/c1-6-3-4-7(8(5-6)15-2)10(11,12)9(13)14/h3-5H,1-2H3,(H,13,14). The number of hydrogen-bond donors (Lipinski definition) is 1. The highest BCUT2D eigenvalue weighted by Gasteiger charge is 2.43. The summed E-state index contributed by atoms with van der Waals surface area (Å²) in [5.74, 6) is -6.24. The molecule has 0 spiro atoms. The van der Waals surface area contributed by atoms with Gasteiger partial charge in [0.25, 0.3) is 0 Å². The van der Waals surface area contributed by atoms with Crippen molar-refractivity contribution in [2.75, 3.05) is 7.11 Å². The van der Waals surface area contributed by atoms with Crippen LogP contribution in [0.3, 0.4) is 0 Å². The first-order valence-corrected chi connectivity index (χ1v) is 4.16. The van der Waals surface area contributed by atoms with Crippen LogP contribution in [0.4, 0.5) is 8.78 Å². The number of benzene rings is 1. The molecule has 0 amide bonds. The van der Waals surface area contributed by atoms with Crippen LogP contribution in [0.1, 0.15) is 11.1 Å². The van der Waals surface area contributed by atoms with E-state index in [1.54, 1.807) is 6.92 Å². The third-order valence-electron chi connectivity index (χ3n) is 1.96. The number of methoxy groups -OCH3 is 1. The van der Waals surface area contributed by atoms with Gasteiger partial charge in [0.2, 0.25) is 0 Å². The van der Waals surface area contributed by atoms with Crippen LogP contribution >= 0.6 is 0 Å². The van der Waals surface area contributed by atoms with E-state index in [1.165, 1.54) is 19.2 Å². The number of aryl methyl sites for hydroxylation is 1. The number of alkyl halides is 2. The van der Waals surface area contributed by atoms with Crippen molar-refractivity contribution < 1.29 is 23.4 Å². The lowest BCUT2D eigenvalue weighted by molar-refractivity contribution is -0.166. The molecule has 5 heteroatoms. The summed E-state index contributed by atoms with van der Waals surface area (Å²) < 4.78 is 31.1. The molecule has 0 aliphatic heterocycles. The highest BCUT2D eigenvalue weighted by Crippen LogP contribution is 2.35. The first kappa shape index (κ1) is 11.4. The van der Waals surface area contributed by atoms with Crippen LogP contribution in [0.2, 0.25) is 0 Å². The number of halogens is 2. The molecule has 0 radical (unpaired) electrons. The fraction of sp³-hybridized carbons (Fsp3) is 0.300. The first-order chi connectivity index (χ1) is 6.89. The normalized spacial score (nSPS) is 11.2. The number of carboxylic acid groups (broad SMARTS) is 1. The molecule has 0 aromatic heterocycles. The van der Waals surface area contributed by atoms with Crippen molar-refractivity contribution in [3.63, 3.8) is 0 Å². The summed E-state index contributed by atoms with van der Waals surface area (Å²) in [4.78, 5) is 10.4. The third kappa shape index (κ3) is 2.06. The number of rotatable bonds is 3. The van der Waals surface area contributed by atoms with Gasteiger partial charge in [-0.3, -0.25) is 0 Å². The summed E-state index contributed by atoms with van der Waals surface area (Å²) in [6, 6.07) is 3.84. The topological polar surface area (TPSA) is 46.5 Å². The SMILES string of the molecule is COc1cc(C)ccc1C(F)(F)C(=O)O. The van der Waals surface area contributed by atoms with Gasteiger partial charge in [-0.15, -0.1) is 0 Å². The Hall–Kier alpha value is -1.65. The largest absolute Gasteiger partial charge is 0.496 e. The third-order valence-corrected chi connectivity index (χ3v) is 1.96. The van der Waals surface area contributed by atoms with E-state index in [4.69, 9.17) is 9.84 Å². The van der Waals surface area contributed by atoms with E-state index in [9.17, 15) is 13.6 Å². The van der Waals surface area contributed by atoms with Crippen LogP contribution in [0.5, 0.6) is 5.75 Å². The van der Waals surface area contributed by atoms with Crippen molar-refractivity contribution in [1.82, 2.24) is 0 Å². The molecule has 0 bridgehead atoms. The molecule has 1 aromatic carbocycles. The lowest BCUT2D eigenvalue weighted by Gasteiger charge is -2.15. The second kappa shape index (κ2) is 3.84. The molecule has 3 nitrogen and oxygen atoms in total. The van der Waals surface area contributed by atoms with Crippen LogP contribution in [0.25, 0.3) is 0 Å². The highest BCUT2D eigenvalue weighted by atomic mass is 19.3. The molecule has 0 saturated heterocycles. The molecule has 1 rings (SSSR count). The average Bonchev–Trinajstić information content (AvgIpc) is 2.16. The Morgan fingerprint density at radius 3 is 2.53 bits per heavy atom. The fourth-order valence-electron chi connectivity index (χ4n) is 1.17. The van der Waals surface area contributed by atoms with Crippen molar-refractivity contribution in [1.29, 1.82) is 0 Å². The second-order valence-electron chi connectivity index (χ2n) is 3.08. The molecule has 15 heavy (non-hydrogen) atoms. The lowest BCUT2D eigenvalue weighted by Crippen LogP contribution is -2.25. The molecule has 0 heterocycles. The quantitative estimate of drug-likeness (QED) is 0.842. The lowest BCUT2D eigenvalue weighted by atomic mass is 10.1. The van der Waals surface area contributed by atoms with Crippen LogP contribution in [0, 0.1) is 6.92 Å².